The van der Waals surface area contributed by atoms with Crippen molar-refractivity contribution in [2.45, 2.75) is 13.5 Å². The second kappa shape index (κ2) is 7.52. The molecule has 0 fully saturated rings. The third kappa shape index (κ3) is 4.57. The molecular formula is C17H16FN3O4S. The first-order valence-electron chi connectivity index (χ1n) is 7.77. The quantitative estimate of drug-likeness (QED) is 0.679. The highest BCUT2D eigenvalue weighted by atomic mass is 32.2. The number of rotatable bonds is 7. The molecule has 0 amide bonds. The Kier molecular flexibility index (Phi) is 5.17. The van der Waals surface area contributed by atoms with E-state index in [0.717, 1.165) is 0 Å². The summed E-state index contributed by atoms with van der Waals surface area (Å²) in [4.78, 5) is 4.22. The zero-order valence-electron chi connectivity index (χ0n) is 13.8. The van der Waals surface area contributed by atoms with Crippen LogP contribution in [0.4, 0.5) is 10.1 Å². The van der Waals surface area contributed by atoms with Crippen LogP contribution in [0.15, 0.2) is 53.1 Å². The molecule has 0 aliphatic heterocycles. The van der Waals surface area contributed by atoms with Crippen molar-refractivity contribution in [1.29, 1.82) is 0 Å². The summed E-state index contributed by atoms with van der Waals surface area (Å²) in [7, 11) is -3.32. The lowest BCUT2D eigenvalue weighted by Crippen LogP contribution is -2.14. The summed E-state index contributed by atoms with van der Waals surface area (Å²) in [5.41, 5.74) is 1.13. The number of hydrogen-bond acceptors (Lipinski definition) is 6. The molecule has 0 saturated heterocycles. The van der Waals surface area contributed by atoms with E-state index >= 15 is 0 Å². The van der Waals surface area contributed by atoms with E-state index in [1.165, 1.54) is 24.3 Å². The molecule has 0 bridgehead atoms. The van der Waals surface area contributed by atoms with Gasteiger partial charge in [0.2, 0.25) is 15.8 Å². The van der Waals surface area contributed by atoms with Crippen LogP contribution in [0, 0.1) is 5.82 Å². The van der Waals surface area contributed by atoms with E-state index in [0.29, 0.717) is 22.8 Å². The average Bonchev–Trinajstić information content (AvgIpc) is 3.11. The highest BCUT2D eigenvalue weighted by Gasteiger charge is 2.11. The first-order chi connectivity index (χ1) is 12.4. The number of hydrogen-bond donors (Lipinski definition) is 1. The van der Waals surface area contributed by atoms with Crippen molar-refractivity contribution in [3.63, 3.8) is 0 Å². The molecule has 9 heteroatoms. The van der Waals surface area contributed by atoms with Gasteiger partial charge in [-0.15, -0.1) is 0 Å². The molecular weight excluding hydrogens is 361 g/mol. The Hall–Kier alpha value is -2.94. The standard InChI is InChI=1S/C17H16FN3O4S/c1-2-26(22,23)21-14-7-3-12(4-8-14)17-19-16(25-20-17)11-24-15-9-5-13(18)6-10-15/h3-10,21H,2,11H2,1H3. The van der Waals surface area contributed by atoms with Crippen LogP contribution in [-0.4, -0.2) is 24.3 Å². The number of benzene rings is 2. The van der Waals surface area contributed by atoms with Gasteiger partial charge in [0.05, 0.1) is 5.75 Å². The van der Waals surface area contributed by atoms with E-state index < -0.39 is 10.0 Å². The Bertz CT molecular complexity index is 970. The van der Waals surface area contributed by atoms with Crippen LogP contribution in [-0.2, 0) is 16.6 Å². The number of ether oxygens (including phenoxy) is 1. The molecule has 2 aromatic carbocycles. The summed E-state index contributed by atoms with van der Waals surface area (Å²) in [6, 6.07) is 12.2. The summed E-state index contributed by atoms with van der Waals surface area (Å²) in [5.74, 6) is 0.755. The molecule has 0 spiro atoms. The molecule has 1 aromatic heterocycles. The number of aromatic nitrogens is 2. The predicted molar refractivity (Wildman–Crippen MR) is 93.5 cm³/mol. The zero-order valence-corrected chi connectivity index (χ0v) is 14.7. The number of nitrogens with zero attached hydrogens (tertiary/aromatic N) is 2. The maximum Gasteiger partial charge on any atom is 0.264 e. The van der Waals surface area contributed by atoms with Crippen molar-refractivity contribution in [3.8, 4) is 17.1 Å². The van der Waals surface area contributed by atoms with Crippen LogP contribution >= 0.6 is 0 Å². The molecule has 26 heavy (non-hydrogen) atoms. The van der Waals surface area contributed by atoms with E-state index in [4.69, 9.17) is 9.26 Å². The second-order valence-electron chi connectivity index (χ2n) is 5.34. The number of anilines is 1. The highest BCUT2D eigenvalue weighted by molar-refractivity contribution is 7.92. The van der Waals surface area contributed by atoms with Gasteiger partial charge in [-0.05, 0) is 55.5 Å². The van der Waals surface area contributed by atoms with E-state index in [-0.39, 0.29) is 24.1 Å². The molecule has 0 saturated carbocycles. The summed E-state index contributed by atoms with van der Waals surface area (Å²) in [6.07, 6.45) is 0. The van der Waals surface area contributed by atoms with E-state index in [1.807, 2.05) is 0 Å². The van der Waals surface area contributed by atoms with Crippen molar-refractivity contribution >= 4 is 15.7 Å². The van der Waals surface area contributed by atoms with Gasteiger partial charge in [0.25, 0.3) is 5.89 Å². The maximum atomic E-state index is 12.8. The fourth-order valence-corrected chi connectivity index (χ4v) is 2.69. The van der Waals surface area contributed by atoms with E-state index in [2.05, 4.69) is 14.9 Å². The van der Waals surface area contributed by atoms with Crippen LogP contribution in [0.1, 0.15) is 12.8 Å². The van der Waals surface area contributed by atoms with Gasteiger partial charge in [-0.3, -0.25) is 4.72 Å². The second-order valence-corrected chi connectivity index (χ2v) is 7.35. The molecule has 1 heterocycles. The SMILES string of the molecule is CCS(=O)(=O)Nc1ccc(-c2noc(COc3ccc(F)cc3)n2)cc1. The summed E-state index contributed by atoms with van der Waals surface area (Å²) in [5, 5.41) is 3.87. The molecule has 7 nitrogen and oxygen atoms in total. The van der Waals surface area contributed by atoms with Gasteiger partial charge in [-0.1, -0.05) is 5.16 Å². The van der Waals surface area contributed by atoms with Crippen molar-refractivity contribution in [2.24, 2.45) is 0 Å². The molecule has 0 atom stereocenters. The normalized spacial score (nSPS) is 11.3. The Morgan fingerprint density at radius 3 is 2.46 bits per heavy atom. The van der Waals surface area contributed by atoms with Gasteiger partial charge in [0.1, 0.15) is 11.6 Å². The minimum atomic E-state index is -3.32. The first kappa shape index (κ1) is 17.9. The lowest BCUT2D eigenvalue weighted by Gasteiger charge is -2.05. The molecule has 136 valence electrons. The van der Waals surface area contributed by atoms with Gasteiger partial charge >= 0.3 is 0 Å². The average molecular weight is 377 g/mol. The lowest BCUT2D eigenvalue weighted by atomic mass is 10.2. The number of sulfonamides is 1. The molecule has 3 aromatic rings. The Morgan fingerprint density at radius 2 is 1.81 bits per heavy atom. The summed E-state index contributed by atoms with van der Waals surface area (Å²) < 4.78 is 49.0. The fraction of sp³-hybridized carbons (Fsp3) is 0.176. The van der Waals surface area contributed by atoms with Gasteiger partial charge in [0, 0.05) is 11.3 Å². The van der Waals surface area contributed by atoms with Crippen LogP contribution in [0.5, 0.6) is 5.75 Å². The van der Waals surface area contributed by atoms with Crippen molar-refractivity contribution in [3.05, 3.63) is 60.2 Å². The van der Waals surface area contributed by atoms with E-state index in [1.54, 1.807) is 31.2 Å². The van der Waals surface area contributed by atoms with Crippen molar-refractivity contribution in [1.82, 2.24) is 10.1 Å². The third-order valence-electron chi connectivity index (χ3n) is 3.44. The number of halogens is 1. The van der Waals surface area contributed by atoms with Crippen LogP contribution < -0.4 is 9.46 Å². The van der Waals surface area contributed by atoms with Gasteiger partial charge < -0.3 is 9.26 Å². The Labute approximate surface area is 149 Å². The van der Waals surface area contributed by atoms with Crippen LogP contribution in [0.3, 0.4) is 0 Å². The third-order valence-corrected chi connectivity index (χ3v) is 4.75. The monoisotopic (exact) mass is 377 g/mol. The Balaban J connectivity index is 1.64. The van der Waals surface area contributed by atoms with Crippen molar-refractivity contribution < 1.29 is 22.1 Å². The maximum absolute atomic E-state index is 12.8. The molecule has 0 radical (unpaired) electrons. The lowest BCUT2D eigenvalue weighted by molar-refractivity contribution is 0.242. The fourth-order valence-electron chi connectivity index (χ4n) is 2.05. The number of nitrogens with one attached hydrogen (secondary N) is 1. The van der Waals surface area contributed by atoms with E-state index in [9.17, 15) is 12.8 Å². The van der Waals surface area contributed by atoms with Crippen LogP contribution in [0.25, 0.3) is 11.4 Å². The minimum Gasteiger partial charge on any atom is -0.484 e. The first-order valence-corrected chi connectivity index (χ1v) is 9.42. The van der Waals surface area contributed by atoms with Gasteiger partial charge in [-0.2, -0.15) is 4.98 Å². The largest absolute Gasteiger partial charge is 0.484 e. The molecule has 0 unspecified atom stereocenters. The van der Waals surface area contributed by atoms with Crippen LogP contribution in [0.2, 0.25) is 0 Å². The smallest absolute Gasteiger partial charge is 0.264 e. The van der Waals surface area contributed by atoms with Gasteiger partial charge in [-0.25, -0.2) is 12.8 Å². The molecule has 3 rings (SSSR count). The topological polar surface area (TPSA) is 94.3 Å². The van der Waals surface area contributed by atoms with Crippen molar-refractivity contribution in [2.75, 3.05) is 10.5 Å². The molecule has 0 aliphatic rings. The Morgan fingerprint density at radius 1 is 1.12 bits per heavy atom. The summed E-state index contributed by atoms with van der Waals surface area (Å²) in [6.45, 7) is 1.61. The zero-order chi connectivity index (χ0) is 18.6. The van der Waals surface area contributed by atoms with Gasteiger partial charge in [0.15, 0.2) is 6.61 Å². The highest BCUT2D eigenvalue weighted by Crippen LogP contribution is 2.20. The molecule has 1 N–H and O–H groups in total. The summed E-state index contributed by atoms with van der Waals surface area (Å²) >= 11 is 0. The predicted octanol–water partition coefficient (Wildman–Crippen LogP) is 3.22. The minimum absolute atomic E-state index is 0.00297. The molecule has 0 aliphatic carbocycles.